The van der Waals surface area contributed by atoms with Gasteiger partial charge < -0.3 is 14.8 Å². The normalized spacial score (nSPS) is 19.9. The van der Waals surface area contributed by atoms with Gasteiger partial charge in [-0.2, -0.15) is 0 Å². The van der Waals surface area contributed by atoms with Crippen LogP contribution in [0, 0.1) is 0 Å². The highest BCUT2D eigenvalue weighted by molar-refractivity contribution is 6.27. The molecule has 0 amide bonds. The Morgan fingerprint density at radius 3 is 2.64 bits per heavy atom. The molecule has 0 spiro atoms. The van der Waals surface area contributed by atoms with Gasteiger partial charge in [-0.05, 0) is 23.6 Å². The number of carboxylic acid groups (broad SMARTS) is 1. The SMILES string of the molecule is O=C(O)[C@]1(c2ccco2)Nc2c(ccc3ccccc23)C1=O. The number of furan rings is 1. The molecule has 0 saturated heterocycles. The van der Waals surface area contributed by atoms with Crippen LogP contribution in [0.5, 0.6) is 0 Å². The van der Waals surface area contributed by atoms with Gasteiger partial charge in [-0.3, -0.25) is 4.79 Å². The molecule has 0 bridgehead atoms. The molecular weight excluding hydrogens is 282 g/mol. The van der Waals surface area contributed by atoms with Crippen molar-refractivity contribution in [2.24, 2.45) is 0 Å². The summed E-state index contributed by atoms with van der Waals surface area (Å²) in [5, 5.41) is 14.3. The van der Waals surface area contributed by atoms with Crippen molar-refractivity contribution in [3.63, 3.8) is 0 Å². The van der Waals surface area contributed by atoms with Gasteiger partial charge in [0, 0.05) is 10.9 Å². The third kappa shape index (κ3) is 1.42. The van der Waals surface area contributed by atoms with E-state index >= 15 is 0 Å². The van der Waals surface area contributed by atoms with Gasteiger partial charge >= 0.3 is 5.97 Å². The summed E-state index contributed by atoms with van der Waals surface area (Å²) in [5.41, 5.74) is -1.02. The Labute approximate surface area is 125 Å². The Morgan fingerprint density at radius 1 is 1.09 bits per heavy atom. The summed E-state index contributed by atoms with van der Waals surface area (Å²) in [7, 11) is 0. The average molecular weight is 293 g/mol. The van der Waals surface area contributed by atoms with Gasteiger partial charge in [0.15, 0.2) is 0 Å². The largest absolute Gasteiger partial charge is 0.479 e. The number of Topliss-reactive ketones (excluding diaryl/α,β-unsaturated/α-hetero) is 1. The van der Waals surface area contributed by atoms with Crippen molar-refractivity contribution in [1.82, 2.24) is 0 Å². The fourth-order valence-electron chi connectivity index (χ4n) is 2.96. The number of anilines is 1. The van der Waals surface area contributed by atoms with E-state index < -0.39 is 17.3 Å². The molecule has 5 nitrogen and oxygen atoms in total. The lowest BCUT2D eigenvalue weighted by molar-refractivity contribution is -0.141. The van der Waals surface area contributed by atoms with E-state index in [0.29, 0.717) is 11.3 Å². The summed E-state index contributed by atoms with van der Waals surface area (Å²) >= 11 is 0. The molecule has 1 aliphatic heterocycles. The van der Waals surface area contributed by atoms with E-state index in [-0.39, 0.29) is 5.76 Å². The molecule has 5 heteroatoms. The van der Waals surface area contributed by atoms with E-state index in [4.69, 9.17) is 4.42 Å². The number of nitrogens with one attached hydrogen (secondary N) is 1. The molecule has 2 N–H and O–H groups in total. The summed E-state index contributed by atoms with van der Waals surface area (Å²) in [6, 6.07) is 14.0. The van der Waals surface area contributed by atoms with Crippen molar-refractivity contribution >= 4 is 28.2 Å². The first kappa shape index (κ1) is 12.6. The second-order valence-electron chi connectivity index (χ2n) is 5.20. The number of carbonyl (C=O) groups excluding carboxylic acids is 1. The topological polar surface area (TPSA) is 79.5 Å². The molecule has 0 radical (unpaired) electrons. The lowest BCUT2D eigenvalue weighted by Gasteiger charge is -2.21. The van der Waals surface area contributed by atoms with Crippen LogP contribution >= 0.6 is 0 Å². The molecule has 4 rings (SSSR count). The fraction of sp³-hybridized carbons (Fsp3) is 0.0588. The molecule has 0 unspecified atom stereocenters. The van der Waals surface area contributed by atoms with Crippen molar-refractivity contribution in [2.75, 3.05) is 5.32 Å². The van der Waals surface area contributed by atoms with Crippen LogP contribution in [-0.2, 0) is 10.3 Å². The Balaban J connectivity index is 2.01. The second kappa shape index (κ2) is 4.21. The lowest BCUT2D eigenvalue weighted by Crippen LogP contribution is -2.46. The van der Waals surface area contributed by atoms with E-state index in [9.17, 15) is 14.7 Å². The number of hydrogen-bond acceptors (Lipinski definition) is 4. The van der Waals surface area contributed by atoms with Gasteiger partial charge in [-0.1, -0.05) is 30.3 Å². The van der Waals surface area contributed by atoms with Crippen LogP contribution in [0.4, 0.5) is 5.69 Å². The third-order valence-corrected chi connectivity index (χ3v) is 4.04. The van der Waals surface area contributed by atoms with E-state index in [1.807, 2.05) is 30.3 Å². The summed E-state index contributed by atoms with van der Waals surface area (Å²) < 4.78 is 5.23. The molecule has 2 aromatic carbocycles. The van der Waals surface area contributed by atoms with Crippen molar-refractivity contribution in [2.45, 2.75) is 5.54 Å². The minimum atomic E-state index is -1.91. The number of aliphatic carboxylic acids is 1. The summed E-state index contributed by atoms with van der Waals surface area (Å²) in [5.74, 6) is -1.73. The van der Waals surface area contributed by atoms with Crippen LogP contribution in [0.1, 0.15) is 16.1 Å². The Kier molecular flexibility index (Phi) is 2.42. The maximum absolute atomic E-state index is 12.8. The highest BCUT2D eigenvalue weighted by Gasteiger charge is 2.56. The number of benzene rings is 2. The van der Waals surface area contributed by atoms with Crippen LogP contribution in [0.2, 0.25) is 0 Å². The number of carbonyl (C=O) groups is 2. The number of hydrogen-bond donors (Lipinski definition) is 2. The zero-order chi connectivity index (χ0) is 15.3. The quantitative estimate of drug-likeness (QED) is 0.710. The minimum Gasteiger partial charge on any atom is -0.479 e. The molecule has 1 aliphatic rings. The second-order valence-corrected chi connectivity index (χ2v) is 5.20. The molecule has 0 saturated carbocycles. The van der Waals surface area contributed by atoms with Gasteiger partial charge in [0.1, 0.15) is 5.76 Å². The average Bonchev–Trinajstić information content (AvgIpc) is 3.14. The molecule has 1 atom stereocenters. The van der Waals surface area contributed by atoms with Crippen molar-refractivity contribution < 1.29 is 19.1 Å². The molecule has 2 heterocycles. The van der Waals surface area contributed by atoms with Gasteiger partial charge in [0.25, 0.3) is 5.54 Å². The third-order valence-electron chi connectivity index (χ3n) is 4.04. The van der Waals surface area contributed by atoms with Crippen LogP contribution < -0.4 is 5.32 Å². The summed E-state index contributed by atoms with van der Waals surface area (Å²) in [6.45, 7) is 0. The van der Waals surface area contributed by atoms with Crippen molar-refractivity contribution in [3.8, 4) is 0 Å². The van der Waals surface area contributed by atoms with Crippen LogP contribution in [0.3, 0.4) is 0 Å². The van der Waals surface area contributed by atoms with Gasteiger partial charge in [0.05, 0.1) is 12.0 Å². The van der Waals surface area contributed by atoms with Crippen LogP contribution in [-0.4, -0.2) is 16.9 Å². The smallest absolute Gasteiger partial charge is 0.345 e. The predicted molar refractivity (Wildman–Crippen MR) is 79.9 cm³/mol. The molecule has 0 aliphatic carbocycles. The van der Waals surface area contributed by atoms with Gasteiger partial charge in [0.2, 0.25) is 5.78 Å². The lowest BCUT2D eigenvalue weighted by atomic mass is 9.90. The van der Waals surface area contributed by atoms with Crippen molar-refractivity contribution in [1.29, 1.82) is 0 Å². The molecule has 1 aromatic heterocycles. The van der Waals surface area contributed by atoms with E-state index in [1.165, 1.54) is 12.3 Å². The standard InChI is InChI=1S/C17H11NO4/c19-15-12-8-7-10-4-1-2-5-11(10)14(12)18-17(15,16(20)21)13-6-3-9-22-13/h1-9,18H,(H,20,21)/t17-/m1/s1. The first-order chi connectivity index (χ1) is 10.6. The first-order valence-corrected chi connectivity index (χ1v) is 6.77. The Hall–Kier alpha value is -3.08. The number of fused-ring (bicyclic) bond motifs is 3. The van der Waals surface area contributed by atoms with Gasteiger partial charge in [-0.15, -0.1) is 0 Å². The molecule has 0 fully saturated rings. The number of rotatable bonds is 2. The molecular formula is C17H11NO4. The Morgan fingerprint density at radius 2 is 1.91 bits per heavy atom. The zero-order valence-electron chi connectivity index (χ0n) is 11.4. The maximum Gasteiger partial charge on any atom is 0.345 e. The van der Waals surface area contributed by atoms with Crippen LogP contribution in [0.25, 0.3) is 10.8 Å². The summed E-state index contributed by atoms with van der Waals surface area (Å²) in [6.07, 6.45) is 1.36. The molecule has 108 valence electrons. The van der Waals surface area contributed by atoms with E-state index in [1.54, 1.807) is 12.1 Å². The minimum absolute atomic E-state index is 0.0743. The maximum atomic E-state index is 12.8. The summed E-state index contributed by atoms with van der Waals surface area (Å²) in [4.78, 5) is 24.7. The molecule has 22 heavy (non-hydrogen) atoms. The predicted octanol–water partition coefficient (Wildman–Crippen LogP) is 3.02. The Bertz CT molecular complexity index is 914. The first-order valence-electron chi connectivity index (χ1n) is 6.77. The van der Waals surface area contributed by atoms with Crippen molar-refractivity contribution in [3.05, 3.63) is 66.1 Å². The monoisotopic (exact) mass is 293 g/mol. The highest BCUT2D eigenvalue weighted by Crippen LogP contribution is 2.43. The highest BCUT2D eigenvalue weighted by atomic mass is 16.4. The zero-order valence-corrected chi connectivity index (χ0v) is 11.4. The number of carboxylic acids is 1. The van der Waals surface area contributed by atoms with Crippen LogP contribution in [0.15, 0.2) is 59.2 Å². The van der Waals surface area contributed by atoms with E-state index in [0.717, 1.165) is 10.8 Å². The van der Waals surface area contributed by atoms with Gasteiger partial charge in [-0.25, -0.2) is 4.79 Å². The molecule has 3 aromatic rings. The van der Waals surface area contributed by atoms with E-state index in [2.05, 4.69) is 5.32 Å². The fourth-order valence-corrected chi connectivity index (χ4v) is 2.96. The number of ketones is 1.